The highest BCUT2D eigenvalue weighted by molar-refractivity contribution is 5.45. The van der Waals surface area contributed by atoms with E-state index < -0.39 is 0 Å². The molecule has 80 valence electrons. The fourth-order valence-corrected chi connectivity index (χ4v) is 2.57. The Morgan fingerprint density at radius 2 is 1.80 bits per heavy atom. The molecule has 3 rings (SSSR count). The fourth-order valence-electron chi connectivity index (χ4n) is 2.57. The lowest BCUT2D eigenvalue weighted by Crippen LogP contribution is -2.28. The normalized spacial score (nSPS) is 22.1. The number of nitrogens with two attached hydrogens (primary N) is 1. The monoisotopic (exact) mass is 202 g/mol. The van der Waals surface area contributed by atoms with E-state index in [1.807, 2.05) is 6.07 Å². The number of nitrogen functional groups attached to an aromatic ring is 1. The van der Waals surface area contributed by atoms with Crippen LogP contribution in [0.4, 0.5) is 5.69 Å². The van der Waals surface area contributed by atoms with Crippen molar-refractivity contribution in [3.63, 3.8) is 0 Å². The Labute approximate surface area is 91.1 Å². The van der Waals surface area contributed by atoms with Gasteiger partial charge in [0.05, 0.1) is 0 Å². The van der Waals surface area contributed by atoms with Gasteiger partial charge in [-0.3, -0.25) is 4.90 Å². The number of hydrogen-bond donors (Lipinski definition) is 1. The average Bonchev–Trinajstić information content (AvgIpc) is 3.01. The van der Waals surface area contributed by atoms with Crippen molar-refractivity contribution in [3.05, 3.63) is 29.3 Å². The van der Waals surface area contributed by atoms with Crippen LogP contribution in [0.5, 0.6) is 0 Å². The predicted octanol–water partition coefficient (Wildman–Crippen LogP) is 1.83. The van der Waals surface area contributed by atoms with Gasteiger partial charge >= 0.3 is 0 Å². The molecule has 1 aromatic carbocycles. The fraction of sp³-hybridized carbons (Fsp3) is 0.538. The van der Waals surface area contributed by atoms with Gasteiger partial charge in [-0.15, -0.1) is 0 Å². The van der Waals surface area contributed by atoms with Crippen molar-refractivity contribution in [3.8, 4) is 0 Å². The Morgan fingerprint density at radius 3 is 2.53 bits per heavy atom. The van der Waals surface area contributed by atoms with E-state index in [1.54, 1.807) is 0 Å². The van der Waals surface area contributed by atoms with Crippen LogP contribution >= 0.6 is 0 Å². The summed E-state index contributed by atoms with van der Waals surface area (Å²) in [6.07, 6.45) is 5.21. The van der Waals surface area contributed by atoms with Gasteiger partial charge in [-0.25, -0.2) is 0 Å². The van der Waals surface area contributed by atoms with Gasteiger partial charge in [0.25, 0.3) is 0 Å². The minimum atomic E-state index is 0.900. The molecule has 2 N–H and O–H groups in total. The zero-order chi connectivity index (χ0) is 10.3. The van der Waals surface area contributed by atoms with Gasteiger partial charge in [0, 0.05) is 24.8 Å². The molecular weight excluding hydrogens is 184 g/mol. The second kappa shape index (κ2) is 3.53. The average molecular weight is 202 g/mol. The van der Waals surface area contributed by atoms with E-state index in [1.165, 1.54) is 49.9 Å². The first-order valence-electron chi connectivity index (χ1n) is 5.94. The van der Waals surface area contributed by atoms with Gasteiger partial charge in [-0.2, -0.15) is 0 Å². The van der Waals surface area contributed by atoms with E-state index in [2.05, 4.69) is 17.0 Å². The molecule has 0 saturated heterocycles. The third kappa shape index (κ3) is 1.86. The molecule has 1 aliphatic heterocycles. The summed E-state index contributed by atoms with van der Waals surface area (Å²) >= 11 is 0. The molecule has 1 aromatic rings. The SMILES string of the molecule is Nc1ccc2c(c1)CCN(C1CC1)CC2. The number of rotatable bonds is 1. The van der Waals surface area contributed by atoms with E-state index in [-0.39, 0.29) is 0 Å². The van der Waals surface area contributed by atoms with Crippen molar-refractivity contribution in [2.24, 2.45) is 0 Å². The Hall–Kier alpha value is -1.02. The van der Waals surface area contributed by atoms with E-state index in [0.29, 0.717) is 0 Å². The van der Waals surface area contributed by atoms with Crippen LogP contribution in [0.3, 0.4) is 0 Å². The Bertz CT molecular complexity index is 369. The van der Waals surface area contributed by atoms with Crippen molar-refractivity contribution in [1.82, 2.24) is 4.90 Å². The van der Waals surface area contributed by atoms with E-state index in [0.717, 1.165) is 11.7 Å². The minimum absolute atomic E-state index is 0.900. The minimum Gasteiger partial charge on any atom is -0.399 e. The van der Waals surface area contributed by atoms with Gasteiger partial charge < -0.3 is 5.73 Å². The molecule has 1 saturated carbocycles. The molecule has 0 atom stereocenters. The molecule has 15 heavy (non-hydrogen) atoms. The summed E-state index contributed by atoms with van der Waals surface area (Å²) in [5.74, 6) is 0. The quantitative estimate of drug-likeness (QED) is 0.704. The van der Waals surface area contributed by atoms with E-state index in [9.17, 15) is 0 Å². The maximum atomic E-state index is 5.83. The van der Waals surface area contributed by atoms with Gasteiger partial charge in [0.15, 0.2) is 0 Å². The summed E-state index contributed by atoms with van der Waals surface area (Å²) in [5, 5.41) is 0. The number of benzene rings is 1. The first-order valence-corrected chi connectivity index (χ1v) is 5.94. The summed E-state index contributed by atoms with van der Waals surface area (Å²) in [6, 6.07) is 7.30. The molecule has 0 aromatic heterocycles. The second-order valence-corrected chi connectivity index (χ2v) is 4.80. The Kier molecular flexibility index (Phi) is 2.17. The first-order chi connectivity index (χ1) is 7.33. The third-order valence-corrected chi connectivity index (χ3v) is 3.63. The third-order valence-electron chi connectivity index (χ3n) is 3.63. The molecule has 0 bridgehead atoms. The molecule has 2 nitrogen and oxygen atoms in total. The summed E-state index contributed by atoms with van der Waals surface area (Å²) in [4.78, 5) is 2.65. The molecule has 0 radical (unpaired) electrons. The zero-order valence-electron chi connectivity index (χ0n) is 9.08. The van der Waals surface area contributed by atoms with Gasteiger partial charge in [-0.05, 0) is 48.9 Å². The maximum Gasteiger partial charge on any atom is 0.0316 e. The summed E-state index contributed by atoms with van der Waals surface area (Å²) < 4.78 is 0. The van der Waals surface area contributed by atoms with Crippen LogP contribution in [0.25, 0.3) is 0 Å². The van der Waals surface area contributed by atoms with Gasteiger partial charge in [0.2, 0.25) is 0 Å². The Morgan fingerprint density at radius 1 is 1.07 bits per heavy atom. The van der Waals surface area contributed by atoms with Crippen LogP contribution in [0.1, 0.15) is 24.0 Å². The molecule has 0 spiro atoms. The van der Waals surface area contributed by atoms with Crippen molar-refractivity contribution in [2.45, 2.75) is 31.7 Å². The standard InChI is InChI=1S/C13H18N2/c14-12-2-1-10-5-7-15(13-3-4-13)8-6-11(10)9-12/h1-2,9,13H,3-8,14H2. The lowest BCUT2D eigenvalue weighted by molar-refractivity contribution is 0.277. The predicted molar refractivity (Wildman–Crippen MR) is 62.9 cm³/mol. The lowest BCUT2D eigenvalue weighted by atomic mass is 10.0. The van der Waals surface area contributed by atoms with E-state index >= 15 is 0 Å². The Balaban J connectivity index is 1.81. The van der Waals surface area contributed by atoms with Gasteiger partial charge in [0.1, 0.15) is 0 Å². The molecule has 0 amide bonds. The van der Waals surface area contributed by atoms with Crippen molar-refractivity contribution in [2.75, 3.05) is 18.8 Å². The highest BCUT2D eigenvalue weighted by atomic mass is 15.2. The topological polar surface area (TPSA) is 29.3 Å². The van der Waals surface area contributed by atoms with Crippen molar-refractivity contribution < 1.29 is 0 Å². The van der Waals surface area contributed by atoms with Crippen LogP contribution in [0.2, 0.25) is 0 Å². The van der Waals surface area contributed by atoms with Crippen LogP contribution in [0.15, 0.2) is 18.2 Å². The summed E-state index contributed by atoms with van der Waals surface area (Å²) in [5.41, 5.74) is 9.71. The van der Waals surface area contributed by atoms with Crippen LogP contribution in [0, 0.1) is 0 Å². The second-order valence-electron chi connectivity index (χ2n) is 4.80. The number of nitrogens with zero attached hydrogens (tertiary/aromatic N) is 1. The number of anilines is 1. The van der Waals surface area contributed by atoms with Crippen LogP contribution in [-0.2, 0) is 12.8 Å². The highest BCUT2D eigenvalue weighted by Gasteiger charge is 2.29. The van der Waals surface area contributed by atoms with Crippen molar-refractivity contribution >= 4 is 5.69 Å². The molecule has 1 fully saturated rings. The molecule has 2 heteroatoms. The molecule has 1 aliphatic carbocycles. The molecule has 2 aliphatic rings. The van der Waals surface area contributed by atoms with Crippen LogP contribution < -0.4 is 5.73 Å². The molecule has 1 heterocycles. The zero-order valence-corrected chi connectivity index (χ0v) is 9.08. The van der Waals surface area contributed by atoms with Gasteiger partial charge in [-0.1, -0.05) is 6.07 Å². The number of hydrogen-bond acceptors (Lipinski definition) is 2. The highest BCUT2D eigenvalue weighted by Crippen LogP contribution is 2.29. The molecular formula is C13H18N2. The lowest BCUT2D eigenvalue weighted by Gasteiger charge is -2.18. The van der Waals surface area contributed by atoms with E-state index in [4.69, 9.17) is 5.73 Å². The smallest absolute Gasteiger partial charge is 0.0316 e. The summed E-state index contributed by atoms with van der Waals surface area (Å²) in [6.45, 7) is 2.46. The van der Waals surface area contributed by atoms with Crippen LogP contribution in [-0.4, -0.2) is 24.0 Å². The molecule has 0 unspecified atom stereocenters. The van der Waals surface area contributed by atoms with Crippen molar-refractivity contribution in [1.29, 1.82) is 0 Å². The maximum absolute atomic E-state index is 5.83. The first kappa shape index (κ1) is 9.22. The summed E-state index contributed by atoms with van der Waals surface area (Å²) in [7, 11) is 0. The number of fused-ring (bicyclic) bond motifs is 1. The largest absolute Gasteiger partial charge is 0.399 e.